The Morgan fingerprint density at radius 2 is 2.22 bits per heavy atom. The molecule has 1 saturated heterocycles. The van der Waals surface area contributed by atoms with Gasteiger partial charge >= 0.3 is 5.97 Å². The van der Waals surface area contributed by atoms with Crippen LogP contribution in [0.15, 0.2) is 33.2 Å². The van der Waals surface area contributed by atoms with Gasteiger partial charge in [-0.25, -0.2) is 0 Å². The van der Waals surface area contributed by atoms with E-state index in [2.05, 4.69) is 15.9 Å². The average molecular weight is 382 g/mol. The van der Waals surface area contributed by atoms with Crippen LogP contribution in [0.1, 0.15) is 17.0 Å². The minimum atomic E-state index is -1.04. The molecular formula is C16H16BrNO5. The maximum absolute atomic E-state index is 12.6. The number of benzene rings is 1. The van der Waals surface area contributed by atoms with E-state index in [0.717, 1.165) is 9.86 Å². The fourth-order valence-electron chi connectivity index (χ4n) is 2.95. The van der Waals surface area contributed by atoms with Crippen LogP contribution in [0.2, 0.25) is 0 Å². The molecule has 1 aromatic carbocycles. The highest BCUT2D eigenvalue weighted by Crippen LogP contribution is 2.33. The highest BCUT2D eigenvalue weighted by Gasteiger charge is 2.47. The molecular weight excluding hydrogens is 366 g/mol. The first-order valence-electron chi connectivity index (χ1n) is 7.16. The first-order chi connectivity index (χ1) is 10.9. The summed E-state index contributed by atoms with van der Waals surface area (Å²) in [6.45, 7) is 0.574. The summed E-state index contributed by atoms with van der Waals surface area (Å²) >= 11 is 3.38. The molecule has 122 valence electrons. The zero-order valence-corrected chi connectivity index (χ0v) is 14.1. The Balaban J connectivity index is 1.84. The van der Waals surface area contributed by atoms with Gasteiger partial charge in [0.25, 0.3) is 5.91 Å². The number of aliphatic carboxylic acids is 1. The zero-order valence-electron chi connectivity index (χ0n) is 12.5. The number of carboxylic acid groups (broad SMARTS) is 1. The van der Waals surface area contributed by atoms with Gasteiger partial charge in [-0.3, -0.25) is 9.59 Å². The minimum Gasteiger partial charge on any atom is -0.481 e. The molecule has 7 heteroatoms. The van der Waals surface area contributed by atoms with Crippen molar-refractivity contribution in [3.63, 3.8) is 0 Å². The predicted octanol–water partition coefficient (Wildman–Crippen LogP) is 2.76. The molecule has 0 radical (unpaired) electrons. The highest BCUT2D eigenvalue weighted by molar-refractivity contribution is 9.10. The number of fused-ring (bicyclic) bond motifs is 1. The molecule has 1 unspecified atom stereocenters. The number of nitrogens with zero attached hydrogens (tertiary/aromatic N) is 1. The molecule has 1 aromatic heterocycles. The molecule has 1 fully saturated rings. The summed E-state index contributed by atoms with van der Waals surface area (Å²) in [4.78, 5) is 25.7. The molecule has 6 nitrogen and oxygen atoms in total. The number of rotatable bonds is 4. The fraction of sp³-hybridized carbons (Fsp3) is 0.375. The van der Waals surface area contributed by atoms with Crippen molar-refractivity contribution < 1.29 is 23.8 Å². The number of methoxy groups -OCH3 is 1. The molecule has 23 heavy (non-hydrogen) atoms. The molecule has 2 aromatic rings. The van der Waals surface area contributed by atoms with Crippen molar-refractivity contribution in [3.05, 3.63) is 34.5 Å². The van der Waals surface area contributed by atoms with Gasteiger partial charge < -0.3 is 19.2 Å². The second-order valence-corrected chi connectivity index (χ2v) is 6.70. The van der Waals surface area contributed by atoms with Gasteiger partial charge in [-0.2, -0.15) is 0 Å². The van der Waals surface area contributed by atoms with Crippen LogP contribution in [0.25, 0.3) is 11.0 Å². The second-order valence-electron chi connectivity index (χ2n) is 5.79. The van der Waals surface area contributed by atoms with Gasteiger partial charge in [0.2, 0.25) is 0 Å². The number of amides is 1. The number of halogens is 1. The van der Waals surface area contributed by atoms with Crippen LogP contribution in [0.5, 0.6) is 0 Å². The van der Waals surface area contributed by atoms with Gasteiger partial charge in [-0.15, -0.1) is 0 Å². The van der Waals surface area contributed by atoms with Crippen molar-refractivity contribution in [1.82, 2.24) is 4.90 Å². The van der Waals surface area contributed by atoms with E-state index in [-0.39, 0.29) is 24.8 Å². The Morgan fingerprint density at radius 1 is 1.43 bits per heavy atom. The molecule has 1 N–H and O–H groups in total. The van der Waals surface area contributed by atoms with E-state index >= 15 is 0 Å². The van der Waals surface area contributed by atoms with Gasteiger partial charge in [0.05, 0.1) is 6.61 Å². The SMILES string of the molecule is COCC1(C(=O)O)CCN(C(=O)c2cc3cc(Br)ccc3o2)C1. The van der Waals surface area contributed by atoms with E-state index in [1.165, 1.54) is 12.0 Å². The molecule has 0 saturated carbocycles. The normalized spacial score (nSPS) is 21.0. The zero-order chi connectivity index (χ0) is 16.6. The summed E-state index contributed by atoms with van der Waals surface area (Å²) in [5, 5.41) is 10.3. The van der Waals surface area contributed by atoms with Crippen molar-refractivity contribution in [2.45, 2.75) is 6.42 Å². The number of carboxylic acids is 1. The van der Waals surface area contributed by atoms with Crippen molar-refractivity contribution in [2.75, 3.05) is 26.8 Å². The Labute approximate surface area is 141 Å². The molecule has 1 aliphatic heterocycles. The van der Waals surface area contributed by atoms with Gasteiger partial charge in [0.1, 0.15) is 11.0 Å². The molecule has 3 rings (SSSR count). The lowest BCUT2D eigenvalue weighted by atomic mass is 9.88. The predicted molar refractivity (Wildman–Crippen MR) is 86.4 cm³/mol. The lowest BCUT2D eigenvalue weighted by molar-refractivity contribution is -0.151. The first kappa shape index (κ1) is 16.0. The third-order valence-electron chi connectivity index (χ3n) is 4.20. The third kappa shape index (κ3) is 2.86. The van der Waals surface area contributed by atoms with Gasteiger partial charge in [0, 0.05) is 30.1 Å². The van der Waals surface area contributed by atoms with E-state index in [1.807, 2.05) is 12.1 Å². The molecule has 1 aliphatic rings. The molecule has 0 aliphatic carbocycles. The first-order valence-corrected chi connectivity index (χ1v) is 7.95. The Hall–Kier alpha value is -1.86. The van der Waals surface area contributed by atoms with Crippen LogP contribution < -0.4 is 0 Å². The van der Waals surface area contributed by atoms with E-state index in [1.54, 1.807) is 12.1 Å². The summed E-state index contributed by atoms with van der Waals surface area (Å²) in [5.74, 6) is -1.02. The highest BCUT2D eigenvalue weighted by atomic mass is 79.9. The molecule has 1 amide bonds. The number of carbonyl (C=O) groups excluding carboxylic acids is 1. The molecule has 0 spiro atoms. The van der Waals surface area contributed by atoms with E-state index in [9.17, 15) is 14.7 Å². The second kappa shape index (κ2) is 5.98. The third-order valence-corrected chi connectivity index (χ3v) is 4.70. The number of likely N-dealkylation sites (tertiary alicyclic amines) is 1. The van der Waals surface area contributed by atoms with Crippen LogP contribution in [0.4, 0.5) is 0 Å². The Kier molecular flexibility index (Phi) is 4.16. The molecule has 2 heterocycles. The van der Waals surface area contributed by atoms with Crippen molar-refractivity contribution in [1.29, 1.82) is 0 Å². The van der Waals surface area contributed by atoms with Crippen LogP contribution >= 0.6 is 15.9 Å². The summed E-state index contributed by atoms with van der Waals surface area (Å²) in [6, 6.07) is 7.17. The smallest absolute Gasteiger partial charge is 0.313 e. The quantitative estimate of drug-likeness (QED) is 0.880. The van der Waals surface area contributed by atoms with Crippen LogP contribution in [0, 0.1) is 5.41 Å². The summed E-state index contributed by atoms with van der Waals surface area (Å²) in [5.41, 5.74) is -0.420. The number of ether oxygens (including phenoxy) is 1. The number of hydrogen-bond acceptors (Lipinski definition) is 4. The molecule has 0 bridgehead atoms. The lowest BCUT2D eigenvalue weighted by Gasteiger charge is -2.23. The van der Waals surface area contributed by atoms with Gasteiger partial charge in [-0.1, -0.05) is 15.9 Å². The molecule has 1 atom stereocenters. The van der Waals surface area contributed by atoms with E-state index < -0.39 is 11.4 Å². The summed E-state index contributed by atoms with van der Waals surface area (Å²) in [6.07, 6.45) is 0.369. The van der Waals surface area contributed by atoms with Crippen LogP contribution in [-0.2, 0) is 9.53 Å². The summed E-state index contributed by atoms with van der Waals surface area (Å²) < 4.78 is 11.5. The number of carbonyl (C=O) groups is 2. The fourth-order valence-corrected chi connectivity index (χ4v) is 3.33. The maximum atomic E-state index is 12.6. The van der Waals surface area contributed by atoms with Crippen molar-refractivity contribution >= 4 is 38.8 Å². The van der Waals surface area contributed by atoms with Crippen LogP contribution in [0.3, 0.4) is 0 Å². The monoisotopic (exact) mass is 381 g/mol. The Bertz CT molecular complexity index is 771. The Morgan fingerprint density at radius 3 is 2.91 bits per heavy atom. The summed E-state index contributed by atoms with van der Waals surface area (Å²) in [7, 11) is 1.46. The van der Waals surface area contributed by atoms with Gasteiger partial charge in [0.15, 0.2) is 5.76 Å². The van der Waals surface area contributed by atoms with Crippen molar-refractivity contribution in [3.8, 4) is 0 Å². The lowest BCUT2D eigenvalue weighted by Crippen LogP contribution is -2.40. The van der Waals surface area contributed by atoms with Gasteiger partial charge in [-0.05, 0) is 30.7 Å². The minimum absolute atomic E-state index is 0.0825. The maximum Gasteiger partial charge on any atom is 0.313 e. The van der Waals surface area contributed by atoms with Crippen LogP contribution in [-0.4, -0.2) is 48.7 Å². The van der Waals surface area contributed by atoms with E-state index in [0.29, 0.717) is 18.5 Å². The topological polar surface area (TPSA) is 80.0 Å². The average Bonchev–Trinajstić information content (AvgIpc) is 3.11. The van der Waals surface area contributed by atoms with E-state index in [4.69, 9.17) is 9.15 Å². The van der Waals surface area contributed by atoms with Crippen molar-refractivity contribution in [2.24, 2.45) is 5.41 Å². The number of hydrogen-bond donors (Lipinski definition) is 1. The number of furan rings is 1. The largest absolute Gasteiger partial charge is 0.481 e. The standard InChI is InChI=1S/C16H16BrNO5/c1-22-9-16(15(20)21)4-5-18(8-16)14(19)13-7-10-6-11(17)2-3-12(10)23-13/h2-3,6-7H,4-5,8-9H2,1H3,(H,20,21).